The van der Waals surface area contributed by atoms with E-state index in [9.17, 15) is 9.18 Å². The maximum absolute atomic E-state index is 13.2. The molecule has 1 saturated heterocycles. The summed E-state index contributed by atoms with van der Waals surface area (Å²) in [5.41, 5.74) is 2.06. The monoisotopic (exact) mass is 389 g/mol. The van der Waals surface area contributed by atoms with E-state index in [-0.39, 0.29) is 17.8 Å². The highest BCUT2D eigenvalue weighted by Crippen LogP contribution is 2.22. The number of aryl methyl sites for hydroxylation is 1. The minimum absolute atomic E-state index is 0.134. The molecule has 1 amide bonds. The Morgan fingerprint density at radius 2 is 2.00 bits per heavy atom. The van der Waals surface area contributed by atoms with E-state index in [4.69, 9.17) is 0 Å². The van der Waals surface area contributed by atoms with E-state index < -0.39 is 0 Å². The van der Waals surface area contributed by atoms with Gasteiger partial charge in [0.2, 0.25) is 5.91 Å². The Kier molecular flexibility index (Phi) is 6.60. The van der Waals surface area contributed by atoms with Crippen LogP contribution in [0.15, 0.2) is 29.6 Å². The summed E-state index contributed by atoms with van der Waals surface area (Å²) in [6, 6.07) is 6.59. The zero-order valence-electron chi connectivity index (χ0n) is 16.3. The Morgan fingerprint density at radius 3 is 2.63 bits per heavy atom. The Bertz CT molecular complexity index is 759. The van der Waals surface area contributed by atoms with E-state index in [1.807, 2.05) is 4.90 Å². The summed E-state index contributed by atoms with van der Waals surface area (Å²) >= 11 is 1.71. The average Bonchev–Trinajstić information content (AvgIpc) is 3.04. The van der Waals surface area contributed by atoms with Crippen molar-refractivity contribution in [2.24, 2.45) is 5.92 Å². The standard InChI is InChI=1S/C21H28FN3OS/c1-4-20-23-18(14-27-20)12-24-10-9-21(26)25(19(13-24)15(2)3)11-16-5-7-17(22)8-6-16/h5-8,14-15,19H,4,9-13H2,1-3H3/t19-/m1/s1. The lowest BCUT2D eigenvalue weighted by Gasteiger charge is -2.34. The molecule has 27 heavy (non-hydrogen) atoms. The van der Waals surface area contributed by atoms with Gasteiger partial charge in [0.1, 0.15) is 5.82 Å². The number of thiazole rings is 1. The van der Waals surface area contributed by atoms with Crippen LogP contribution in [0.1, 0.15) is 43.5 Å². The van der Waals surface area contributed by atoms with Crippen molar-refractivity contribution in [3.63, 3.8) is 0 Å². The van der Waals surface area contributed by atoms with E-state index >= 15 is 0 Å². The fourth-order valence-electron chi connectivity index (χ4n) is 3.56. The number of amides is 1. The molecule has 6 heteroatoms. The summed E-state index contributed by atoms with van der Waals surface area (Å²) in [6.07, 6.45) is 1.47. The number of rotatable bonds is 6. The number of nitrogens with zero attached hydrogens (tertiary/aromatic N) is 3. The SMILES string of the molecule is CCc1nc(CN2CCC(=O)N(Cc3ccc(F)cc3)[C@@H](C(C)C)C2)cs1. The molecule has 146 valence electrons. The molecular weight excluding hydrogens is 361 g/mol. The predicted octanol–water partition coefficient (Wildman–Crippen LogP) is 4.10. The maximum atomic E-state index is 13.2. The zero-order chi connectivity index (χ0) is 19.4. The molecule has 0 saturated carbocycles. The van der Waals surface area contributed by atoms with Crippen LogP contribution in [-0.4, -0.2) is 39.8 Å². The van der Waals surface area contributed by atoms with Crippen molar-refractivity contribution < 1.29 is 9.18 Å². The fourth-order valence-corrected chi connectivity index (χ4v) is 4.29. The molecule has 0 unspecified atom stereocenters. The molecule has 2 heterocycles. The van der Waals surface area contributed by atoms with Crippen LogP contribution >= 0.6 is 11.3 Å². The topological polar surface area (TPSA) is 36.4 Å². The minimum atomic E-state index is -0.248. The molecule has 1 aromatic carbocycles. The highest BCUT2D eigenvalue weighted by atomic mass is 32.1. The Morgan fingerprint density at radius 1 is 1.26 bits per heavy atom. The lowest BCUT2D eigenvalue weighted by molar-refractivity contribution is -0.134. The lowest BCUT2D eigenvalue weighted by atomic mass is 10.0. The molecule has 1 aromatic heterocycles. The largest absolute Gasteiger partial charge is 0.334 e. The number of hydrogen-bond acceptors (Lipinski definition) is 4. The highest BCUT2D eigenvalue weighted by Gasteiger charge is 2.31. The number of carbonyl (C=O) groups excluding carboxylic acids is 1. The van der Waals surface area contributed by atoms with Crippen molar-refractivity contribution in [3.8, 4) is 0 Å². The van der Waals surface area contributed by atoms with Crippen molar-refractivity contribution in [3.05, 3.63) is 51.7 Å². The number of hydrogen-bond donors (Lipinski definition) is 0. The Balaban J connectivity index is 1.74. The molecule has 0 N–H and O–H groups in total. The summed E-state index contributed by atoms with van der Waals surface area (Å²) < 4.78 is 13.2. The van der Waals surface area contributed by atoms with E-state index in [0.29, 0.717) is 18.9 Å². The van der Waals surface area contributed by atoms with Crippen molar-refractivity contribution in [2.45, 2.75) is 52.7 Å². The summed E-state index contributed by atoms with van der Waals surface area (Å²) in [5.74, 6) is 0.270. The smallest absolute Gasteiger partial charge is 0.224 e. The number of halogens is 1. The summed E-state index contributed by atoms with van der Waals surface area (Å²) in [4.78, 5) is 21.9. The van der Waals surface area contributed by atoms with Gasteiger partial charge in [-0.1, -0.05) is 32.9 Å². The van der Waals surface area contributed by atoms with Crippen LogP contribution < -0.4 is 0 Å². The lowest BCUT2D eigenvalue weighted by Crippen LogP contribution is -2.45. The zero-order valence-corrected chi connectivity index (χ0v) is 17.1. The molecule has 0 bridgehead atoms. The van der Waals surface area contributed by atoms with Gasteiger partial charge < -0.3 is 4.90 Å². The Labute approximate surface area is 165 Å². The molecule has 1 atom stereocenters. The third kappa shape index (κ3) is 5.14. The minimum Gasteiger partial charge on any atom is -0.334 e. The van der Waals surface area contributed by atoms with Crippen molar-refractivity contribution in [2.75, 3.05) is 13.1 Å². The maximum Gasteiger partial charge on any atom is 0.224 e. The van der Waals surface area contributed by atoms with Crippen molar-refractivity contribution >= 4 is 17.2 Å². The van der Waals surface area contributed by atoms with Crippen LogP contribution in [0.2, 0.25) is 0 Å². The van der Waals surface area contributed by atoms with E-state index in [1.165, 1.54) is 12.1 Å². The second-order valence-corrected chi connectivity index (χ2v) is 8.47. The van der Waals surface area contributed by atoms with Gasteiger partial charge >= 0.3 is 0 Å². The van der Waals surface area contributed by atoms with Crippen LogP contribution in [-0.2, 0) is 24.3 Å². The van der Waals surface area contributed by atoms with Gasteiger partial charge in [-0.25, -0.2) is 9.37 Å². The van der Waals surface area contributed by atoms with E-state index in [1.54, 1.807) is 23.5 Å². The molecule has 2 aromatic rings. The molecule has 0 radical (unpaired) electrons. The van der Waals surface area contributed by atoms with Gasteiger partial charge in [0.25, 0.3) is 0 Å². The van der Waals surface area contributed by atoms with Gasteiger partial charge in [-0.3, -0.25) is 9.69 Å². The number of aromatic nitrogens is 1. The van der Waals surface area contributed by atoms with Crippen LogP contribution in [0.3, 0.4) is 0 Å². The van der Waals surface area contributed by atoms with Crippen LogP contribution in [0.5, 0.6) is 0 Å². The normalized spacial score (nSPS) is 18.9. The third-order valence-electron chi connectivity index (χ3n) is 5.13. The Hall–Kier alpha value is -1.79. The molecule has 1 aliphatic rings. The fraction of sp³-hybridized carbons (Fsp3) is 0.524. The first kappa shape index (κ1) is 20.0. The first-order chi connectivity index (χ1) is 13.0. The number of carbonyl (C=O) groups is 1. The average molecular weight is 390 g/mol. The first-order valence-electron chi connectivity index (χ1n) is 9.65. The van der Waals surface area contributed by atoms with E-state index in [2.05, 4.69) is 36.0 Å². The molecule has 4 nitrogen and oxygen atoms in total. The number of benzene rings is 1. The summed E-state index contributed by atoms with van der Waals surface area (Å²) in [5, 5.41) is 3.29. The molecule has 1 fully saturated rings. The summed E-state index contributed by atoms with van der Waals surface area (Å²) in [7, 11) is 0. The van der Waals surface area contributed by atoms with Crippen molar-refractivity contribution in [1.82, 2.24) is 14.8 Å². The van der Waals surface area contributed by atoms with Gasteiger partial charge in [-0.05, 0) is 30.0 Å². The van der Waals surface area contributed by atoms with Gasteiger partial charge in [-0.15, -0.1) is 11.3 Å². The highest BCUT2D eigenvalue weighted by molar-refractivity contribution is 7.09. The second-order valence-electron chi connectivity index (χ2n) is 7.53. The molecule has 0 spiro atoms. The molecule has 0 aliphatic carbocycles. The predicted molar refractivity (Wildman–Crippen MR) is 107 cm³/mol. The van der Waals surface area contributed by atoms with Crippen LogP contribution in [0.4, 0.5) is 4.39 Å². The second kappa shape index (κ2) is 8.93. The third-order valence-corrected chi connectivity index (χ3v) is 6.17. The molecule has 1 aliphatic heterocycles. The van der Waals surface area contributed by atoms with Gasteiger partial charge in [0.05, 0.1) is 10.7 Å². The molecular formula is C21H28FN3OS. The van der Waals surface area contributed by atoms with Crippen LogP contribution in [0, 0.1) is 11.7 Å². The van der Waals surface area contributed by atoms with Crippen LogP contribution in [0.25, 0.3) is 0 Å². The molecule has 3 rings (SSSR count). The van der Waals surface area contributed by atoms with Crippen molar-refractivity contribution in [1.29, 1.82) is 0 Å². The first-order valence-corrected chi connectivity index (χ1v) is 10.5. The van der Waals surface area contributed by atoms with Gasteiger partial charge in [-0.2, -0.15) is 0 Å². The van der Waals surface area contributed by atoms with Gasteiger partial charge in [0, 0.05) is 44.0 Å². The van der Waals surface area contributed by atoms with E-state index in [0.717, 1.165) is 42.3 Å². The van der Waals surface area contributed by atoms with Gasteiger partial charge in [0.15, 0.2) is 0 Å². The summed E-state index contributed by atoms with van der Waals surface area (Å²) in [6.45, 7) is 9.36. The quantitative estimate of drug-likeness (QED) is 0.746.